The Morgan fingerprint density at radius 3 is 1.65 bits per heavy atom. The van der Waals surface area contributed by atoms with Crippen LogP contribution >= 0.6 is 0 Å². The molecule has 0 aliphatic carbocycles. The maximum atomic E-state index is 2.30. The van der Waals surface area contributed by atoms with Crippen molar-refractivity contribution >= 4 is 0 Å². The van der Waals surface area contributed by atoms with Gasteiger partial charge in [-0.15, -0.1) is 0 Å². The van der Waals surface area contributed by atoms with Crippen molar-refractivity contribution in [1.82, 2.24) is 4.57 Å². The number of aryl methyl sites for hydroxylation is 2. The van der Waals surface area contributed by atoms with Crippen molar-refractivity contribution in [2.45, 2.75) is 13.8 Å². The molecule has 150 valence electrons. The van der Waals surface area contributed by atoms with Gasteiger partial charge in [0.05, 0.1) is 0 Å². The van der Waals surface area contributed by atoms with Gasteiger partial charge in [-0.3, -0.25) is 0 Å². The third-order valence-corrected chi connectivity index (χ3v) is 5.66. The van der Waals surface area contributed by atoms with Gasteiger partial charge in [-0.1, -0.05) is 96.1 Å². The average molecular weight is 402 g/mol. The third kappa shape index (κ3) is 3.69. The van der Waals surface area contributed by atoms with E-state index >= 15 is 0 Å². The number of para-hydroxylation sites is 2. The standard InChI is InChI=1S/C29H25N2/c1-22-13-17-24(18-14-22)28-29(25-19-15-23(2)16-20-25)31(27-11-7-4-8-12-27)21-30(28)26-9-5-3-6-10-26/h3-21H,1-2H3/q+1. The second kappa shape index (κ2) is 8.08. The molecule has 0 amide bonds. The van der Waals surface area contributed by atoms with E-state index in [4.69, 9.17) is 0 Å². The molecule has 0 fully saturated rings. The number of nitrogens with zero attached hydrogens (tertiary/aromatic N) is 2. The number of aromatic nitrogens is 2. The molecule has 0 radical (unpaired) electrons. The molecule has 0 saturated carbocycles. The highest BCUT2D eigenvalue weighted by Crippen LogP contribution is 2.33. The van der Waals surface area contributed by atoms with Gasteiger partial charge in [0.2, 0.25) is 0 Å². The van der Waals surface area contributed by atoms with Gasteiger partial charge in [-0.05, 0) is 38.1 Å². The van der Waals surface area contributed by atoms with Crippen LogP contribution in [0, 0.1) is 13.8 Å². The molecule has 0 spiro atoms. The van der Waals surface area contributed by atoms with Crippen LogP contribution in [-0.4, -0.2) is 4.57 Å². The Morgan fingerprint density at radius 2 is 1.06 bits per heavy atom. The van der Waals surface area contributed by atoms with Gasteiger partial charge in [-0.25, -0.2) is 0 Å². The van der Waals surface area contributed by atoms with E-state index in [-0.39, 0.29) is 0 Å². The molecule has 0 aliphatic heterocycles. The predicted octanol–water partition coefficient (Wildman–Crippen LogP) is 6.70. The van der Waals surface area contributed by atoms with Crippen LogP contribution in [0.1, 0.15) is 11.1 Å². The minimum atomic E-state index is 1.14. The highest BCUT2D eigenvalue weighted by atomic mass is 15.2. The molecule has 0 N–H and O–H groups in total. The van der Waals surface area contributed by atoms with Crippen LogP contribution < -0.4 is 4.57 Å². The second-order valence-electron chi connectivity index (χ2n) is 7.96. The molecule has 0 atom stereocenters. The Morgan fingerprint density at radius 1 is 0.548 bits per heavy atom. The number of benzene rings is 4. The maximum Gasteiger partial charge on any atom is 0.255 e. The number of imidazole rings is 1. The molecule has 0 bridgehead atoms. The van der Waals surface area contributed by atoms with Gasteiger partial charge in [-0.2, -0.15) is 9.13 Å². The van der Waals surface area contributed by atoms with Crippen LogP contribution in [0.25, 0.3) is 33.9 Å². The fourth-order valence-corrected chi connectivity index (χ4v) is 4.00. The molecule has 0 saturated heterocycles. The Bertz CT molecular complexity index is 1190. The number of hydrogen-bond donors (Lipinski definition) is 0. The summed E-state index contributed by atoms with van der Waals surface area (Å²) in [6.45, 7) is 4.26. The Balaban J connectivity index is 1.88. The number of rotatable bonds is 4. The lowest BCUT2D eigenvalue weighted by atomic mass is 10.0. The van der Waals surface area contributed by atoms with E-state index in [1.807, 2.05) is 0 Å². The van der Waals surface area contributed by atoms with Crippen LogP contribution in [0.15, 0.2) is 116 Å². The van der Waals surface area contributed by atoms with Gasteiger partial charge in [0.15, 0.2) is 11.4 Å². The summed E-state index contributed by atoms with van der Waals surface area (Å²) in [6.07, 6.45) is 2.20. The van der Waals surface area contributed by atoms with Crippen LogP contribution in [0.5, 0.6) is 0 Å². The molecule has 4 aromatic carbocycles. The van der Waals surface area contributed by atoms with Gasteiger partial charge in [0, 0.05) is 11.1 Å². The highest BCUT2D eigenvalue weighted by molar-refractivity contribution is 5.78. The molecular weight excluding hydrogens is 376 g/mol. The van der Waals surface area contributed by atoms with E-state index < -0.39 is 0 Å². The predicted molar refractivity (Wildman–Crippen MR) is 128 cm³/mol. The lowest BCUT2D eigenvalue weighted by Gasteiger charge is -2.07. The zero-order chi connectivity index (χ0) is 21.2. The van der Waals surface area contributed by atoms with E-state index in [1.165, 1.54) is 33.6 Å². The quantitative estimate of drug-likeness (QED) is 0.296. The van der Waals surface area contributed by atoms with Crippen molar-refractivity contribution in [3.8, 4) is 33.9 Å². The van der Waals surface area contributed by atoms with E-state index in [9.17, 15) is 0 Å². The summed E-state index contributed by atoms with van der Waals surface area (Å²) in [6, 6.07) is 38.7. The van der Waals surface area contributed by atoms with Crippen molar-refractivity contribution in [1.29, 1.82) is 0 Å². The van der Waals surface area contributed by atoms with Crippen LogP contribution in [0.3, 0.4) is 0 Å². The van der Waals surface area contributed by atoms with Crippen LogP contribution in [0.2, 0.25) is 0 Å². The molecular formula is C29H25N2+. The average Bonchev–Trinajstić information content (AvgIpc) is 3.22. The zero-order valence-electron chi connectivity index (χ0n) is 17.9. The summed E-state index contributed by atoms with van der Waals surface area (Å²) in [7, 11) is 0. The highest BCUT2D eigenvalue weighted by Gasteiger charge is 2.28. The Hall–Kier alpha value is -3.91. The zero-order valence-corrected chi connectivity index (χ0v) is 17.9. The fraction of sp³-hybridized carbons (Fsp3) is 0.0690. The molecule has 2 heteroatoms. The molecule has 2 nitrogen and oxygen atoms in total. The number of hydrogen-bond acceptors (Lipinski definition) is 0. The van der Waals surface area contributed by atoms with Gasteiger partial charge in [0.1, 0.15) is 11.4 Å². The van der Waals surface area contributed by atoms with Crippen molar-refractivity contribution in [2.24, 2.45) is 0 Å². The normalized spacial score (nSPS) is 10.9. The van der Waals surface area contributed by atoms with Crippen molar-refractivity contribution in [3.63, 3.8) is 0 Å². The summed E-state index contributed by atoms with van der Waals surface area (Å²) in [5, 5.41) is 0. The first-order valence-electron chi connectivity index (χ1n) is 10.6. The minimum Gasteiger partial charge on any atom is -0.194 e. The molecule has 31 heavy (non-hydrogen) atoms. The summed E-state index contributed by atoms with van der Waals surface area (Å²) >= 11 is 0. The first-order valence-corrected chi connectivity index (χ1v) is 10.6. The van der Waals surface area contributed by atoms with E-state index in [1.54, 1.807) is 0 Å². The van der Waals surface area contributed by atoms with Crippen LogP contribution in [-0.2, 0) is 0 Å². The molecule has 1 heterocycles. The Kier molecular flexibility index (Phi) is 4.97. The van der Waals surface area contributed by atoms with Gasteiger partial charge >= 0.3 is 0 Å². The molecule has 0 unspecified atom stereocenters. The van der Waals surface area contributed by atoms with Crippen molar-refractivity contribution in [2.75, 3.05) is 0 Å². The van der Waals surface area contributed by atoms with E-state index in [2.05, 4.69) is 139 Å². The lowest BCUT2D eigenvalue weighted by Crippen LogP contribution is -2.30. The molecule has 5 aromatic rings. The van der Waals surface area contributed by atoms with Crippen molar-refractivity contribution in [3.05, 3.63) is 127 Å². The smallest absolute Gasteiger partial charge is 0.194 e. The van der Waals surface area contributed by atoms with Gasteiger partial charge in [0.25, 0.3) is 6.33 Å². The van der Waals surface area contributed by atoms with Crippen LogP contribution in [0.4, 0.5) is 0 Å². The maximum absolute atomic E-state index is 2.30. The SMILES string of the molecule is Cc1ccc(-c2c(-c3ccc(C)cc3)[n+](-c3ccccc3)cn2-c2ccccc2)cc1. The monoisotopic (exact) mass is 401 g/mol. The van der Waals surface area contributed by atoms with E-state index in [0.29, 0.717) is 0 Å². The molecule has 1 aromatic heterocycles. The first-order chi connectivity index (χ1) is 15.2. The van der Waals surface area contributed by atoms with Gasteiger partial charge < -0.3 is 0 Å². The topological polar surface area (TPSA) is 8.81 Å². The molecule has 0 aliphatic rings. The largest absolute Gasteiger partial charge is 0.255 e. The third-order valence-electron chi connectivity index (χ3n) is 5.66. The van der Waals surface area contributed by atoms with Crippen molar-refractivity contribution < 1.29 is 4.57 Å². The minimum absolute atomic E-state index is 1.14. The first kappa shape index (κ1) is 19.1. The summed E-state index contributed by atoms with van der Waals surface area (Å²) in [5.41, 5.74) is 9.54. The summed E-state index contributed by atoms with van der Waals surface area (Å²) < 4.78 is 4.60. The summed E-state index contributed by atoms with van der Waals surface area (Å²) in [4.78, 5) is 0. The Labute approximate surface area is 183 Å². The lowest BCUT2D eigenvalue weighted by molar-refractivity contribution is -0.583. The second-order valence-corrected chi connectivity index (χ2v) is 7.96. The fourth-order valence-electron chi connectivity index (χ4n) is 4.00. The van der Waals surface area contributed by atoms with E-state index in [0.717, 1.165) is 11.4 Å². The molecule has 5 rings (SSSR count). The summed E-state index contributed by atoms with van der Waals surface area (Å²) in [5.74, 6) is 0.